The number of nitrogens with zero attached hydrogens (tertiary/aromatic N) is 1. The van der Waals surface area contributed by atoms with E-state index in [1.165, 1.54) is 31.4 Å². The van der Waals surface area contributed by atoms with Gasteiger partial charge in [0.25, 0.3) is 0 Å². The van der Waals surface area contributed by atoms with Crippen molar-refractivity contribution in [3.05, 3.63) is 71.5 Å². The average Bonchev–Trinajstić information content (AvgIpc) is 2.68. The van der Waals surface area contributed by atoms with Gasteiger partial charge in [-0.3, -0.25) is 0 Å². The third-order valence-corrected chi connectivity index (χ3v) is 5.64. The van der Waals surface area contributed by atoms with Crippen molar-refractivity contribution in [2.45, 2.75) is 50.5 Å². The van der Waals surface area contributed by atoms with Crippen LogP contribution in [0.2, 0.25) is 0 Å². The maximum absolute atomic E-state index is 13.5. The molecule has 2 nitrogen and oxygen atoms in total. The molecule has 1 saturated heterocycles. The van der Waals surface area contributed by atoms with Gasteiger partial charge in [0.1, 0.15) is 5.82 Å². The Kier molecular flexibility index (Phi) is 6.44. The van der Waals surface area contributed by atoms with Crippen molar-refractivity contribution in [1.29, 1.82) is 0 Å². The molecule has 0 spiro atoms. The number of likely N-dealkylation sites (tertiary alicyclic amines) is 1. The Morgan fingerprint density at radius 3 is 2.27 bits per heavy atom. The summed E-state index contributed by atoms with van der Waals surface area (Å²) < 4.78 is 13.5. The van der Waals surface area contributed by atoms with Crippen molar-refractivity contribution in [3.63, 3.8) is 0 Å². The molecule has 0 aromatic heterocycles. The zero-order chi connectivity index (χ0) is 18.4. The molecule has 3 rings (SSSR count). The predicted octanol–water partition coefficient (Wildman–Crippen LogP) is 5.08. The first-order valence-electron chi connectivity index (χ1n) is 9.89. The molecule has 0 radical (unpaired) electrons. The average molecular weight is 355 g/mol. The molecule has 2 aromatic carbocycles. The van der Waals surface area contributed by atoms with E-state index in [4.69, 9.17) is 0 Å². The Hall–Kier alpha value is -1.71. The lowest BCUT2D eigenvalue weighted by atomic mass is 9.74. The van der Waals surface area contributed by atoms with Gasteiger partial charge in [-0.05, 0) is 55.6 Å². The van der Waals surface area contributed by atoms with Gasteiger partial charge in [-0.25, -0.2) is 4.39 Å². The van der Waals surface area contributed by atoms with Crippen LogP contribution < -0.4 is 0 Å². The van der Waals surface area contributed by atoms with Crippen LogP contribution in [0.1, 0.15) is 56.1 Å². The number of hydrogen-bond donors (Lipinski definition) is 1. The number of piperidine rings is 1. The molecule has 0 aliphatic carbocycles. The predicted molar refractivity (Wildman–Crippen MR) is 105 cm³/mol. The van der Waals surface area contributed by atoms with Gasteiger partial charge in [0.05, 0.1) is 5.60 Å². The molecule has 2 aromatic rings. The molecule has 1 fully saturated rings. The molecule has 0 amide bonds. The summed E-state index contributed by atoms with van der Waals surface area (Å²) in [5.74, 6) is -0.299. The highest BCUT2D eigenvalue weighted by Crippen LogP contribution is 2.41. The van der Waals surface area contributed by atoms with Crippen LogP contribution in [0.15, 0.2) is 54.6 Å². The van der Waals surface area contributed by atoms with Crippen LogP contribution in [0, 0.1) is 5.82 Å². The largest absolute Gasteiger partial charge is 0.384 e. The van der Waals surface area contributed by atoms with Crippen LogP contribution >= 0.6 is 0 Å². The normalized spacial score (nSPS) is 19.0. The van der Waals surface area contributed by atoms with Crippen LogP contribution in [-0.2, 0) is 5.60 Å². The van der Waals surface area contributed by atoms with E-state index in [-0.39, 0.29) is 11.7 Å². The highest BCUT2D eigenvalue weighted by Gasteiger charge is 2.39. The van der Waals surface area contributed by atoms with E-state index >= 15 is 0 Å². The summed E-state index contributed by atoms with van der Waals surface area (Å²) in [4.78, 5) is 2.48. The number of aliphatic hydroxyl groups is 1. The monoisotopic (exact) mass is 355 g/mol. The number of halogens is 1. The molecule has 2 atom stereocenters. The summed E-state index contributed by atoms with van der Waals surface area (Å²) in [7, 11) is 0. The third kappa shape index (κ3) is 4.33. The van der Waals surface area contributed by atoms with Crippen molar-refractivity contribution in [2.75, 3.05) is 19.6 Å². The van der Waals surface area contributed by atoms with Gasteiger partial charge >= 0.3 is 0 Å². The Labute approximate surface area is 156 Å². The minimum absolute atomic E-state index is 0.0350. The summed E-state index contributed by atoms with van der Waals surface area (Å²) in [5.41, 5.74) is 0.964. The van der Waals surface area contributed by atoms with E-state index in [2.05, 4.69) is 24.0 Å². The van der Waals surface area contributed by atoms with Crippen LogP contribution in [-0.4, -0.2) is 29.6 Å². The fraction of sp³-hybridized carbons (Fsp3) is 0.478. The standard InChI is InChI=1S/C23H30FNO/c1-2-15-23(26,20-11-13-21(24)14-12-20)22(19-9-5-3-6-10-19)18-25-16-7-4-8-17-25/h3,5-6,9-14,22,26H,2,4,7-8,15-18H2,1H3/t22-,23+/m0/s1. The van der Waals surface area contributed by atoms with Gasteiger partial charge in [0.15, 0.2) is 0 Å². The van der Waals surface area contributed by atoms with Crippen LogP contribution in [0.3, 0.4) is 0 Å². The second-order valence-electron chi connectivity index (χ2n) is 7.51. The van der Waals surface area contributed by atoms with Crippen LogP contribution in [0.5, 0.6) is 0 Å². The lowest BCUT2D eigenvalue weighted by Gasteiger charge is -2.41. The summed E-state index contributed by atoms with van der Waals surface area (Å²) in [5, 5.41) is 11.9. The highest BCUT2D eigenvalue weighted by molar-refractivity contribution is 5.32. The molecule has 26 heavy (non-hydrogen) atoms. The molecular formula is C23H30FNO. The van der Waals surface area contributed by atoms with Gasteiger partial charge in [-0.2, -0.15) is 0 Å². The SMILES string of the molecule is CCC[C@@](O)(c1ccc(F)cc1)[C@@H](CN1CCCCC1)c1ccccc1. The summed E-state index contributed by atoms with van der Waals surface area (Å²) >= 11 is 0. The van der Waals surface area contributed by atoms with Gasteiger partial charge < -0.3 is 10.0 Å². The number of hydrogen-bond acceptors (Lipinski definition) is 2. The summed E-state index contributed by atoms with van der Waals surface area (Å²) in [6.07, 6.45) is 5.28. The zero-order valence-electron chi connectivity index (χ0n) is 15.7. The molecule has 0 unspecified atom stereocenters. The molecular weight excluding hydrogens is 325 g/mol. The minimum atomic E-state index is -0.999. The second kappa shape index (κ2) is 8.79. The van der Waals surface area contributed by atoms with Crippen LogP contribution in [0.25, 0.3) is 0 Å². The van der Waals surface area contributed by atoms with E-state index < -0.39 is 5.60 Å². The lowest BCUT2D eigenvalue weighted by Crippen LogP contribution is -2.42. The second-order valence-corrected chi connectivity index (χ2v) is 7.51. The molecule has 1 N–H and O–H groups in total. The van der Waals surface area contributed by atoms with Crippen molar-refractivity contribution in [2.24, 2.45) is 0 Å². The molecule has 0 saturated carbocycles. The maximum atomic E-state index is 13.5. The van der Waals surface area contributed by atoms with E-state index in [1.807, 2.05) is 18.2 Å². The first-order chi connectivity index (χ1) is 12.6. The quantitative estimate of drug-likeness (QED) is 0.748. The minimum Gasteiger partial charge on any atom is -0.384 e. The van der Waals surface area contributed by atoms with Gasteiger partial charge in [-0.15, -0.1) is 0 Å². The molecule has 1 heterocycles. The third-order valence-electron chi connectivity index (χ3n) is 5.64. The van der Waals surface area contributed by atoms with Crippen molar-refractivity contribution in [3.8, 4) is 0 Å². The topological polar surface area (TPSA) is 23.5 Å². The van der Waals surface area contributed by atoms with Crippen molar-refractivity contribution < 1.29 is 9.50 Å². The Morgan fingerprint density at radius 1 is 1.00 bits per heavy atom. The van der Waals surface area contributed by atoms with Gasteiger partial charge in [0.2, 0.25) is 0 Å². The number of rotatable bonds is 7. The zero-order valence-corrected chi connectivity index (χ0v) is 15.7. The van der Waals surface area contributed by atoms with Crippen molar-refractivity contribution >= 4 is 0 Å². The van der Waals surface area contributed by atoms with Gasteiger partial charge in [-0.1, -0.05) is 62.2 Å². The van der Waals surface area contributed by atoms with E-state index in [1.54, 1.807) is 12.1 Å². The number of benzene rings is 2. The molecule has 1 aliphatic heterocycles. The molecule has 140 valence electrons. The molecule has 3 heteroatoms. The maximum Gasteiger partial charge on any atom is 0.123 e. The molecule has 1 aliphatic rings. The smallest absolute Gasteiger partial charge is 0.123 e. The van der Waals surface area contributed by atoms with Crippen molar-refractivity contribution in [1.82, 2.24) is 4.90 Å². The van der Waals surface area contributed by atoms with E-state index in [0.717, 1.165) is 37.2 Å². The Morgan fingerprint density at radius 2 is 1.65 bits per heavy atom. The fourth-order valence-electron chi connectivity index (χ4n) is 4.26. The van der Waals surface area contributed by atoms with Gasteiger partial charge in [0, 0.05) is 12.5 Å². The molecule has 0 bridgehead atoms. The summed E-state index contributed by atoms with van der Waals surface area (Å²) in [6.45, 7) is 5.11. The lowest BCUT2D eigenvalue weighted by molar-refractivity contribution is -0.0153. The summed E-state index contributed by atoms with van der Waals surface area (Å²) in [6, 6.07) is 16.7. The Balaban J connectivity index is 1.99. The first-order valence-corrected chi connectivity index (χ1v) is 9.89. The van der Waals surface area contributed by atoms with E-state index in [9.17, 15) is 9.50 Å². The fourth-order valence-corrected chi connectivity index (χ4v) is 4.26. The highest BCUT2D eigenvalue weighted by atomic mass is 19.1. The first kappa shape index (κ1) is 19.1. The van der Waals surface area contributed by atoms with Crippen LogP contribution in [0.4, 0.5) is 4.39 Å². The Bertz CT molecular complexity index is 666. The van der Waals surface area contributed by atoms with E-state index in [0.29, 0.717) is 6.42 Å².